The van der Waals surface area contributed by atoms with Crippen molar-refractivity contribution in [3.8, 4) is 0 Å². The van der Waals surface area contributed by atoms with Gasteiger partial charge in [0.25, 0.3) is 6.43 Å². The van der Waals surface area contributed by atoms with E-state index in [1.807, 2.05) is 0 Å². The Hall–Kier alpha value is -1.34. The summed E-state index contributed by atoms with van der Waals surface area (Å²) < 4.78 is 23.5. The standard InChI is InChI=1S/C5H9F2N3O3/c1-4(2-10(12)13)9(8-11)3-5(6)7/h4-5H,2-3H2,1H3. The number of alkyl halides is 2. The third kappa shape index (κ3) is 4.99. The van der Waals surface area contributed by atoms with Crippen molar-refractivity contribution in [3.63, 3.8) is 0 Å². The van der Waals surface area contributed by atoms with Crippen molar-refractivity contribution in [2.45, 2.75) is 19.4 Å². The van der Waals surface area contributed by atoms with Crippen LogP contribution in [0.3, 0.4) is 0 Å². The lowest BCUT2D eigenvalue weighted by atomic mass is 10.3. The number of hydrogen-bond acceptors (Lipinski definition) is 4. The van der Waals surface area contributed by atoms with Gasteiger partial charge in [0.05, 0.1) is 5.29 Å². The molecule has 0 aliphatic carbocycles. The Bertz CT molecular complexity index is 190. The fourth-order valence-corrected chi connectivity index (χ4v) is 0.745. The lowest BCUT2D eigenvalue weighted by Crippen LogP contribution is -2.36. The van der Waals surface area contributed by atoms with Crippen LogP contribution in [0.1, 0.15) is 6.92 Å². The topological polar surface area (TPSA) is 75.8 Å². The highest BCUT2D eigenvalue weighted by atomic mass is 19.3. The van der Waals surface area contributed by atoms with Gasteiger partial charge in [0.2, 0.25) is 6.54 Å². The maximum atomic E-state index is 11.8. The SMILES string of the molecule is CC(C[N+](=O)[O-])N(CC(F)F)N=O. The summed E-state index contributed by atoms with van der Waals surface area (Å²) >= 11 is 0. The highest BCUT2D eigenvalue weighted by Crippen LogP contribution is 2.04. The van der Waals surface area contributed by atoms with Crippen LogP contribution in [-0.4, -0.2) is 35.5 Å². The Morgan fingerprint density at radius 3 is 2.46 bits per heavy atom. The Labute approximate surface area is 72.6 Å². The number of rotatable bonds is 6. The molecule has 13 heavy (non-hydrogen) atoms. The minimum Gasteiger partial charge on any atom is -0.264 e. The average Bonchev–Trinajstić information content (AvgIpc) is 1.98. The van der Waals surface area contributed by atoms with Crippen molar-refractivity contribution in [3.05, 3.63) is 15.0 Å². The second-order valence-corrected chi connectivity index (χ2v) is 2.46. The molecule has 1 atom stereocenters. The van der Waals surface area contributed by atoms with Gasteiger partial charge in [-0.15, -0.1) is 4.91 Å². The van der Waals surface area contributed by atoms with Gasteiger partial charge >= 0.3 is 0 Å². The molecule has 0 saturated carbocycles. The molecule has 8 heteroatoms. The van der Waals surface area contributed by atoms with Crippen LogP contribution in [-0.2, 0) is 0 Å². The van der Waals surface area contributed by atoms with Crippen LogP contribution >= 0.6 is 0 Å². The summed E-state index contributed by atoms with van der Waals surface area (Å²) in [5.74, 6) is 0. The Morgan fingerprint density at radius 1 is 1.62 bits per heavy atom. The van der Waals surface area contributed by atoms with Gasteiger partial charge < -0.3 is 0 Å². The minimum atomic E-state index is -2.73. The number of nitrogens with zero attached hydrogens (tertiary/aromatic N) is 3. The molecule has 0 spiro atoms. The highest BCUT2D eigenvalue weighted by Gasteiger charge is 2.21. The maximum absolute atomic E-state index is 11.8. The Morgan fingerprint density at radius 2 is 2.15 bits per heavy atom. The number of halogens is 2. The fraction of sp³-hybridized carbons (Fsp3) is 1.00. The van der Waals surface area contributed by atoms with E-state index in [0.717, 1.165) is 0 Å². The second kappa shape index (κ2) is 5.33. The maximum Gasteiger partial charge on any atom is 0.257 e. The molecular weight excluding hydrogens is 188 g/mol. The molecule has 0 amide bonds. The monoisotopic (exact) mass is 197 g/mol. The van der Waals surface area contributed by atoms with Gasteiger partial charge in [-0.1, -0.05) is 0 Å². The molecule has 0 aromatic rings. The molecule has 0 radical (unpaired) electrons. The fourth-order valence-electron chi connectivity index (χ4n) is 0.745. The molecule has 0 aromatic heterocycles. The molecule has 0 heterocycles. The summed E-state index contributed by atoms with van der Waals surface area (Å²) in [6, 6.07) is -0.915. The molecule has 0 rings (SSSR count). The lowest BCUT2D eigenvalue weighted by molar-refractivity contribution is -0.486. The van der Waals surface area contributed by atoms with E-state index in [4.69, 9.17) is 0 Å². The van der Waals surface area contributed by atoms with Gasteiger partial charge in [-0.2, -0.15) is 0 Å². The van der Waals surface area contributed by atoms with Crippen LogP contribution in [0.2, 0.25) is 0 Å². The van der Waals surface area contributed by atoms with Crippen molar-refractivity contribution in [2.75, 3.05) is 13.1 Å². The predicted octanol–water partition coefficient (Wildman–Crippen LogP) is 0.900. The smallest absolute Gasteiger partial charge is 0.257 e. The van der Waals surface area contributed by atoms with E-state index in [1.54, 1.807) is 0 Å². The van der Waals surface area contributed by atoms with Crippen LogP contribution in [0.5, 0.6) is 0 Å². The first-order valence-electron chi connectivity index (χ1n) is 3.47. The third-order valence-electron chi connectivity index (χ3n) is 1.35. The molecule has 6 nitrogen and oxygen atoms in total. The van der Waals surface area contributed by atoms with Crippen molar-refractivity contribution in [1.29, 1.82) is 0 Å². The van der Waals surface area contributed by atoms with E-state index in [1.165, 1.54) is 6.92 Å². The second-order valence-electron chi connectivity index (χ2n) is 2.46. The zero-order valence-electron chi connectivity index (χ0n) is 6.89. The zero-order valence-corrected chi connectivity index (χ0v) is 6.89. The predicted molar refractivity (Wildman–Crippen MR) is 39.8 cm³/mol. The summed E-state index contributed by atoms with van der Waals surface area (Å²) in [7, 11) is 0. The van der Waals surface area contributed by atoms with E-state index >= 15 is 0 Å². The molecule has 0 aliphatic rings. The number of hydrogen-bond donors (Lipinski definition) is 0. The molecule has 76 valence electrons. The first-order valence-corrected chi connectivity index (χ1v) is 3.47. The van der Waals surface area contributed by atoms with Gasteiger partial charge in [0.1, 0.15) is 12.6 Å². The molecule has 1 unspecified atom stereocenters. The van der Waals surface area contributed by atoms with Gasteiger partial charge in [-0.05, 0) is 6.92 Å². The van der Waals surface area contributed by atoms with Crippen molar-refractivity contribution >= 4 is 0 Å². The zero-order chi connectivity index (χ0) is 10.4. The van der Waals surface area contributed by atoms with E-state index in [0.29, 0.717) is 5.01 Å². The lowest BCUT2D eigenvalue weighted by Gasteiger charge is -2.18. The summed E-state index contributed by atoms with van der Waals surface area (Å²) in [5, 5.41) is 12.7. The highest BCUT2D eigenvalue weighted by molar-refractivity contribution is 4.62. The molecule has 0 bridgehead atoms. The van der Waals surface area contributed by atoms with Crippen LogP contribution in [0, 0.1) is 15.0 Å². The summed E-state index contributed by atoms with van der Waals surface area (Å²) in [6.45, 7) is -0.177. The molecule has 0 aliphatic heterocycles. The number of nitroso groups, excluding NO2 is 1. The third-order valence-corrected chi connectivity index (χ3v) is 1.35. The van der Waals surface area contributed by atoms with Crippen molar-refractivity contribution in [2.24, 2.45) is 5.29 Å². The Balaban J connectivity index is 4.06. The van der Waals surface area contributed by atoms with Crippen LogP contribution in [0.25, 0.3) is 0 Å². The van der Waals surface area contributed by atoms with Crippen LogP contribution < -0.4 is 0 Å². The van der Waals surface area contributed by atoms with Crippen LogP contribution in [0.4, 0.5) is 8.78 Å². The summed E-state index contributed by atoms with van der Waals surface area (Å²) in [5.41, 5.74) is 0. The Kier molecular flexibility index (Phi) is 4.78. The molecule has 0 aromatic carbocycles. The minimum absolute atomic E-state index is 0.466. The average molecular weight is 197 g/mol. The normalized spacial score (nSPS) is 12.6. The summed E-state index contributed by atoms with van der Waals surface area (Å²) in [4.78, 5) is 19.3. The van der Waals surface area contributed by atoms with Gasteiger partial charge in [0.15, 0.2) is 0 Å². The van der Waals surface area contributed by atoms with Crippen molar-refractivity contribution in [1.82, 2.24) is 5.01 Å². The van der Waals surface area contributed by atoms with Crippen LogP contribution in [0.15, 0.2) is 5.29 Å². The van der Waals surface area contributed by atoms with Crippen molar-refractivity contribution < 1.29 is 13.7 Å². The van der Waals surface area contributed by atoms with E-state index in [-0.39, 0.29) is 0 Å². The summed E-state index contributed by atoms with van der Waals surface area (Å²) in [6.07, 6.45) is -2.73. The largest absolute Gasteiger partial charge is 0.264 e. The molecule has 0 fully saturated rings. The quantitative estimate of drug-likeness (QED) is 0.360. The van der Waals surface area contributed by atoms with E-state index in [9.17, 15) is 23.8 Å². The van der Waals surface area contributed by atoms with E-state index < -0.39 is 30.5 Å². The number of nitro groups is 1. The molecule has 0 saturated heterocycles. The first kappa shape index (κ1) is 11.7. The first-order chi connectivity index (χ1) is 5.97. The molecular formula is C5H9F2N3O3. The van der Waals surface area contributed by atoms with Gasteiger partial charge in [-0.25, -0.2) is 13.8 Å². The van der Waals surface area contributed by atoms with E-state index in [2.05, 4.69) is 5.29 Å². The molecule has 0 N–H and O–H groups in total. The van der Waals surface area contributed by atoms with Gasteiger partial charge in [-0.3, -0.25) is 10.1 Å². The van der Waals surface area contributed by atoms with Gasteiger partial charge in [0, 0.05) is 4.92 Å².